The molecule has 3 heterocycles. The third kappa shape index (κ3) is 6.55. The molecule has 7 nitrogen and oxygen atoms in total. The Bertz CT molecular complexity index is 1320. The van der Waals surface area contributed by atoms with Crippen molar-refractivity contribution in [2.24, 2.45) is 0 Å². The highest BCUT2D eigenvalue weighted by atomic mass is 19.4. The second-order valence-corrected chi connectivity index (χ2v) is 8.86. The number of aromatic nitrogens is 3. The number of amides is 2. The number of alkyl halides is 5. The second-order valence-electron chi connectivity index (χ2n) is 8.86. The lowest BCUT2D eigenvalue weighted by Gasteiger charge is -2.33. The van der Waals surface area contributed by atoms with E-state index in [0.29, 0.717) is 6.07 Å². The van der Waals surface area contributed by atoms with E-state index in [1.54, 1.807) is 0 Å². The normalized spacial score (nSPS) is 14.8. The quantitative estimate of drug-likeness (QED) is 0.373. The van der Waals surface area contributed by atoms with Gasteiger partial charge >= 0.3 is 18.1 Å². The number of rotatable bonds is 6. The van der Waals surface area contributed by atoms with Crippen molar-refractivity contribution in [2.45, 2.75) is 37.8 Å². The van der Waals surface area contributed by atoms with Crippen LogP contribution in [0.15, 0.2) is 42.6 Å². The number of anilines is 1. The lowest BCUT2D eigenvalue weighted by Crippen LogP contribution is -2.41. The zero-order valence-corrected chi connectivity index (χ0v) is 20.4. The van der Waals surface area contributed by atoms with Gasteiger partial charge in [-0.3, -0.25) is 0 Å². The Kier molecular flexibility index (Phi) is 7.93. The van der Waals surface area contributed by atoms with E-state index in [4.69, 9.17) is 4.74 Å². The summed E-state index contributed by atoms with van der Waals surface area (Å²) in [5.41, 5.74) is -2.41. The van der Waals surface area contributed by atoms with Crippen molar-refractivity contribution in [1.82, 2.24) is 19.9 Å². The first kappa shape index (κ1) is 28.0. The Balaban J connectivity index is 1.45. The Morgan fingerprint density at radius 2 is 1.67 bits per heavy atom. The number of piperidine rings is 1. The van der Waals surface area contributed by atoms with Gasteiger partial charge in [0.25, 0.3) is 0 Å². The number of nitrogens with one attached hydrogen (secondary N) is 1. The molecule has 0 radical (unpaired) electrons. The molecule has 1 saturated heterocycles. The van der Waals surface area contributed by atoms with Crippen LogP contribution in [0.2, 0.25) is 0 Å². The van der Waals surface area contributed by atoms with Crippen molar-refractivity contribution in [3.05, 3.63) is 77.0 Å². The molecule has 0 spiro atoms. The van der Waals surface area contributed by atoms with Crippen molar-refractivity contribution in [3.8, 4) is 5.88 Å². The maximum atomic E-state index is 15.2. The fourth-order valence-electron chi connectivity index (χ4n) is 4.14. The molecule has 0 atom stereocenters. The van der Waals surface area contributed by atoms with Crippen molar-refractivity contribution in [3.63, 3.8) is 0 Å². The fourth-order valence-corrected chi connectivity index (χ4v) is 4.14. The first-order valence-corrected chi connectivity index (χ1v) is 11.7. The maximum Gasteiger partial charge on any atom is 0.433 e. The molecule has 2 aromatic heterocycles. The largest absolute Gasteiger partial charge is 0.471 e. The highest BCUT2D eigenvalue weighted by molar-refractivity contribution is 5.89. The number of aryl methyl sites for hydroxylation is 1. The summed E-state index contributed by atoms with van der Waals surface area (Å²) < 4.78 is 102. The van der Waals surface area contributed by atoms with Gasteiger partial charge in [-0.2, -0.15) is 22.0 Å². The van der Waals surface area contributed by atoms with E-state index < -0.39 is 65.1 Å². The van der Waals surface area contributed by atoms with Crippen LogP contribution in [0, 0.1) is 18.6 Å². The molecular weight excluding hydrogens is 535 g/mol. The van der Waals surface area contributed by atoms with Gasteiger partial charge in [0.05, 0.1) is 11.3 Å². The SMILES string of the molecule is Cc1ncc(C(F)(F)COc2cccc(C(F)(F)F)n2)c(C2CCN(C(=O)Nc3c(F)cccc3F)CC2)n1. The lowest BCUT2D eigenvalue weighted by atomic mass is 9.89. The Morgan fingerprint density at radius 1 is 1.03 bits per heavy atom. The number of carbonyl (C=O) groups excluding carboxylic acids is 1. The minimum absolute atomic E-state index is 0.0216. The van der Waals surface area contributed by atoms with E-state index in [0.717, 1.165) is 36.5 Å². The van der Waals surface area contributed by atoms with E-state index in [-0.39, 0.29) is 37.4 Å². The van der Waals surface area contributed by atoms with Crippen LogP contribution in [0.1, 0.15) is 41.5 Å². The van der Waals surface area contributed by atoms with Crippen molar-refractivity contribution in [1.29, 1.82) is 0 Å². The lowest BCUT2D eigenvalue weighted by molar-refractivity contribution is -0.141. The number of likely N-dealkylation sites (tertiary alicyclic amines) is 1. The number of para-hydroxylation sites is 1. The molecule has 1 fully saturated rings. The van der Waals surface area contributed by atoms with Gasteiger partial charge in [0.15, 0.2) is 6.61 Å². The molecule has 208 valence electrons. The molecule has 3 aromatic rings. The molecule has 14 heteroatoms. The van der Waals surface area contributed by atoms with Crippen molar-refractivity contribution in [2.75, 3.05) is 25.0 Å². The molecule has 1 aliphatic rings. The van der Waals surface area contributed by atoms with Crippen LogP contribution in [0.4, 0.5) is 41.2 Å². The third-order valence-electron chi connectivity index (χ3n) is 6.11. The van der Waals surface area contributed by atoms with E-state index in [1.165, 1.54) is 11.8 Å². The van der Waals surface area contributed by atoms with Crippen molar-refractivity contribution < 1.29 is 40.3 Å². The molecule has 1 aromatic carbocycles. The first-order valence-electron chi connectivity index (χ1n) is 11.7. The smallest absolute Gasteiger partial charge is 0.433 e. The Morgan fingerprint density at radius 3 is 2.31 bits per heavy atom. The molecule has 0 bridgehead atoms. The maximum absolute atomic E-state index is 15.2. The number of hydrogen-bond donors (Lipinski definition) is 1. The Hall–Kier alpha value is -3.97. The number of ether oxygens (including phenoxy) is 1. The number of carbonyl (C=O) groups is 1. The molecule has 4 rings (SSSR count). The highest BCUT2D eigenvalue weighted by Crippen LogP contribution is 2.37. The molecule has 2 amide bonds. The van der Waals surface area contributed by atoms with Gasteiger partial charge in [-0.15, -0.1) is 0 Å². The average Bonchev–Trinajstić information content (AvgIpc) is 2.89. The van der Waals surface area contributed by atoms with E-state index in [9.17, 15) is 26.7 Å². The predicted octanol–water partition coefficient (Wildman–Crippen LogP) is 6.06. The summed E-state index contributed by atoms with van der Waals surface area (Å²) in [6, 6.07) is 5.12. The van der Waals surface area contributed by atoms with Crippen LogP contribution >= 0.6 is 0 Å². The summed E-state index contributed by atoms with van der Waals surface area (Å²) in [6.07, 6.45) is -3.40. The molecule has 0 saturated carbocycles. The van der Waals surface area contributed by atoms with Gasteiger partial charge in [-0.1, -0.05) is 12.1 Å². The average molecular weight is 557 g/mol. The van der Waals surface area contributed by atoms with Gasteiger partial charge in [0, 0.05) is 31.3 Å². The summed E-state index contributed by atoms with van der Waals surface area (Å²) >= 11 is 0. The van der Waals surface area contributed by atoms with Crippen LogP contribution in [0.3, 0.4) is 0 Å². The predicted molar refractivity (Wildman–Crippen MR) is 124 cm³/mol. The number of nitrogens with zero attached hydrogens (tertiary/aromatic N) is 4. The zero-order chi connectivity index (χ0) is 28.4. The Labute approximate surface area is 218 Å². The van der Waals surface area contributed by atoms with Crippen LogP contribution in [0.25, 0.3) is 0 Å². The van der Waals surface area contributed by atoms with Crippen LogP contribution in [-0.2, 0) is 12.1 Å². The van der Waals surface area contributed by atoms with Crippen LogP contribution in [-0.4, -0.2) is 45.6 Å². The number of pyridine rings is 1. The van der Waals surface area contributed by atoms with E-state index in [2.05, 4.69) is 20.3 Å². The standard InChI is InChI=1S/C25H22F7N5O2/c1-14-33-12-16(24(28,29)13-39-20-7-3-6-19(35-20)25(30,31)32)21(34-14)15-8-10-37(11-9-15)23(38)36-22-17(26)4-2-5-18(22)27/h2-7,12,15H,8-11,13H2,1H3,(H,36,38). The zero-order valence-electron chi connectivity index (χ0n) is 20.4. The molecule has 0 unspecified atom stereocenters. The van der Waals surface area contributed by atoms with E-state index >= 15 is 8.78 Å². The first-order chi connectivity index (χ1) is 18.3. The minimum atomic E-state index is -4.77. The molecule has 0 aliphatic carbocycles. The highest BCUT2D eigenvalue weighted by Gasteiger charge is 2.40. The van der Waals surface area contributed by atoms with Crippen LogP contribution in [0.5, 0.6) is 5.88 Å². The molecule has 1 aliphatic heterocycles. The summed E-state index contributed by atoms with van der Waals surface area (Å²) in [5.74, 6) is -6.48. The van der Waals surface area contributed by atoms with Crippen LogP contribution < -0.4 is 10.1 Å². The molecular formula is C25H22F7N5O2. The summed E-state index contributed by atoms with van der Waals surface area (Å²) in [6.45, 7) is 0.382. The summed E-state index contributed by atoms with van der Waals surface area (Å²) in [4.78, 5) is 25.1. The summed E-state index contributed by atoms with van der Waals surface area (Å²) in [5, 5.41) is 2.19. The fraction of sp³-hybridized carbons (Fsp3) is 0.360. The van der Waals surface area contributed by atoms with Crippen molar-refractivity contribution >= 4 is 11.7 Å². The third-order valence-corrected chi connectivity index (χ3v) is 6.11. The number of urea groups is 1. The van der Waals surface area contributed by atoms with Gasteiger partial charge in [0.2, 0.25) is 5.88 Å². The van der Waals surface area contributed by atoms with E-state index in [1.807, 2.05) is 0 Å². The topological polar surface area (TPSA) is 80.2 Å². The summed E-state index contributed by atoms with van der Waals surface area (Å²) in [7, 11) is 0. The van der Waals surface area contributed by atoms with Gasteiger partial charge in [0.1, 0.15) is 28.8 Å². The second kappa shape index (κ2) is 11.0. The van der Waals surface area contributed by atoms with Gasteiger partial charge < -0.3 is 15.0 Å². The molecule has 1 N–H and O–H groups in total. The minimum Gasteiger partial charge on any atom is -0.471 e. The number of halogens is 7. The van der Waals surface area contributed by atoms with Gasteiger partial charge in [-0.05, 0) is 38.0 Å². The molecule has 39 heavy (non-hydrogen) atoms. The number of benzene rings is 1. The number of hydrogen-bond acceptors (Lipinski definition) is 5. The van der Waals surface area contributed by atoms with Gasteiger partial charge in [-0.25, -0.2) is 28.5 Å². The monoisotopic (exact) mass is 557 g/mol.